The first kappa shape index (κ1) is 22.0. The topological polar surface area (TPSA) is 73.9 Å². The molecule has 6 heteroatoms. The van der Waals surface area contributed by atoms with E-state index in [0.29, 0.717) is 24.5 Å². The molecule has 146 valence electrons. The molecule has 0 bridgehead atoms. The molecule has 1 aromatic carbocycles. The minimum atomic E-state index is -0.909. The monoisotopic (exact) mass is 365 g/mol. The first-order chi connectivity index (χ1) is 12.4. The molecule has 0 fully saturated rings. The SMILES string of the molecule is CCCCCC(C)(OCC)C(=O)Nc1ccc(OC)c(C(=O)OCC)c1. The number of nitrogens with one attached hydrogen (secondary N) is 1. The normalized spacial score (nSPS) is 13.0. The largest absolute Gasteiger partial charge is 0.496 e. The fourth-order valence-electron chi connectivity index (χ4n) is 2.70. The highest BCUT2D eigenvalue weighted by Gasteiger charge is 2.33. The minimum Gasteiger partial charge on any atom is -0.496 e. The van der Waals surface area contributed by atoms with E-state index in [0.717, 1.165) is 19.3 Å². The van der Waals surface area contributed by atoms with E-state index in [1.807, 2.05) is 6.92 Å². The Morgan fingerprint density at radius 3 is 2.42 bits per heavy atom. The third-order valence-electron chi connectivity index (χ3n) is 4.15. The molecule has 0 saturated heterocycles. The Kier molecular flexibility index (Phi) is 9.13. The summed E-state index contributed by atoms with van der Waals surface area (Å²) in [6, 6.07) is 4.89. The quantitative estimate of drug-likeness (QED) is 0.470. The Labute approximate surface area is 156 Å². The summed E-state index contributed by atoms with van der Waals surface area (Å²) in [5.41, 5.74) is -0.134. The second kappa shape index (κ2) is 10.8. The van der Waals surface area contributed by atoms with Crippen molar-refractivity contribution in [3.05, 3.63) is 23.8 Å². The number of benzene rings is 1. The second-order valence-corrected chi connectivity index (χ2v) is 6.21. The molecule has 0 aromatic heterocycles. The van der Waals surface area contributed by atoms with Crippen molar-refractivity contribution in [3.8, 4) is 5.75 Å². The molecule has 1 unspecified atom stereocenters. The number of carbonyl (C=O) groups excluding carboxylic acids is 2. The summed E-state index contributed by atoms with van der Waals surface area (Å²) >= 11 is 0. The Bertz CT molecular complexity index is 602. The molecule has 0 aliphatic rings. The van der Waals surface area contributed by atoms with Crippen LogP contribution in [0.3, 0.4) is 0 Å². The molecule has 0 heterocycles. The van der Waals surface area contributed by atoms with Gasteiger partial charge >= 0.3 is 5.97 Å². The van der Waals surface area contributed by atoms with Crippen molar-refractivity contribution in [2.75, 3.05) is 25.6 Å². The number of hydrogen-bond donors (Lipinski definition) is 1. The van der Waals surface area contributed by atoms with Crippen LogP contribution in [-0.2, 0) is 14.3 Å². The zero-order valence-electron chi connectivity index (χ0n) is 16.5. The molecule has 1 amide bonds. The summed E-state index contributed by atoms with van der Waals surface area (Å²) < 4.78 is 16.0. The molecule has 1 aromatic rings. The van der Waals surface area contributed by atoms with E-state index >= 15 is 0 Å². The van der Waals surface area contributed by atoms with Gasteiger partial charge in [-0.05, 0) is 45.4 Å². The Balaban J connectivity index is 2.98. The van der Waals surface area contributed by atoms with E-state index in [2.05, 4.69) is 12.2 Å². The molecule has 1 atom stereocenters. The van der Waals surface area contributed by atoms with Gasteiger partial charge in [0.25, 0.3) is 5.91 Å². The van der Waals surface area contributed by atoms with Crippen LogP contribution in [0.5, 0.6) is 5.75 Å². The number of amides is 1. The lowest BCUT2D eigenvalue weighted by molar-refractivity contribution is -0.139. The van der Waals surface area contributed by atoms with Crippen molar-refractivity contribution in [3.63, 3.8) is 0 Å². The maximum atomic E-state index is 12.8. The zero-order chi connectivity index (χ0) is 19.6. The van der Waals surface area contributed by atoms with Crippen LogP contribution >= 0.6 is 0 Å². The number of hydrogen-bond acceptors (Lipinski definition) is 5. The average Bonchev–Trinajstić information content (AvgIpc) is 2.62. The van der Waals surface area contributed by atoms with E-state index in [4.69, 9.17) is 14.2 Å². The average molecular weight is 365 g/mol. The van der Waals surface area contributed by atoms with Crippen molar-refractivity contribution in [2.45, 2.75) is 59.0 Å². The van der Waals surface area contributed by atoms with Crippen LogP contribution in [-0.4, -0.2) is 37.8 Å². The number of methoxy groups -OCH3 is 1. The van der Waals surface area contributed by atoms with Crippen LogP contribution in [0.4, 0.5) is 5.69 Å². The molecule has 0 saturated carbocycles. The number of carbonyl (C=O) groups is 2. The van der Waals surface area contributed by atoms with Gasteiger partial charge < -0.3 is 19.5 Å². The van der Waals surface area contributed by atoms with Crippen molar-refractivity contribution in [1.29, 1.82) is 0 Å². The maximum absolute atomic E-state index is 12.8. The molecule has 6 nitrogen and oxygen atoms in total. The summed E-state index contributed by atoms with van der Waals surface area (Å²) in [6.45, 7) is 8.24. The molecule has 1 N–H and O–H groups in total. The van der Waals surface area contributed by atoms with Crippen molar-refractivity contribution < 1.29 is 23.8 Å². The summed E-state index contributed by atoms with van der Waals surface area (Å²) in [4.78, 5) is 24.9. The van der Waals surface area contributed by atoms with Gasteiger partial charge in [0.05, 0.1) is 13.7 Å². The van der Waals surface area contributed by atoms with E-state index in [9.17, 15) is 9.59 Å². The van der Waals surface area contributed by atoms with Crippen LogP contribution in [0.15, 0.2) is 18.2 Å². The lowest BCUT2D eigenvalue weighted by atomic mass is 9.96. The van der Waals surface area contributed by atoms with Crippen molar-refractivity contribution in [1.82, 2.24) is 0 Å². The molecular weight excluding hydrogens is 334 g/mol. The Hall–Kier alpha value is -2.08. The fraction of sp³-hybridized carbons (Fsp3) is 0.600. The Morgan fingerprint density at radius 2 is 1.85 bits per heavy atom. The van der Waals surface area contributed by atoms with Gasteiger partial charge in [-0.15, -0.1) is 0 Å². The predicted molar refractivity (Wildman–Crippen MR) is 102 cm³/mol. The van der Waals surface area contributed by atoms with Crippen LogP contribution in [0.2, 0.25) is 0 Å². The second-order valence-electron chi connectivity index (χ2n) is 6.21. The highest BCUT2D eigenvalue weighted by atomic mass is 16.5. The number of unbranched alkanes of at least 4 members (excludes halogenated alkanes) is 2. The molecule has 0 aliphatic heterocycles. The Morgan fingerprint density at radius 1 is 1.12 bits per heavy atom. The van der Waals surface area contributed by atoms with Gasteiger partial charge in [-0.3, -0.25) is 4.79 Å². The van der Waals surface area contributed by atoms with Crippen molar-refractivity contribution in [2.24, 2.45) is 0 Å². The van der Waals surface area contributed by atoms with E-state index in [1.54, 1.807) is 32.0 Å². The first-order valence-electron chi connectivity index (χ1n) is 9.22. The number of ether oxygens (including phenoxy) is 3. The first-order valence-corrected chi connectivity index (χ1v) is 9.22. The lowest BCUT2D eigenvalue weighted by Gasteiger charge is -2.28. The maximum Gasteiger partial charge on any atom is 0.341 e. The molecule has 0 aliphatic carbocycles. The van der Waals surface area contributed by atoms with Gasteiger partial charge in [-0.2, -0.15) is 0 Å². The zero-order valence-corrected chi connectivity index (χ0v) is 16.5. The smallest absolute Gasteiger partial charge is 0.341 e. The lowest BCUT2D eigenvalue weighted by Crippen LogP contribution is -2.42. The summed E-state index contributed by atoms with van der Waals surface area (Å²) in [7, 11) is 1.48. The predicted octanol–water partition coefficient (Wildman–Crippen LogP) is 4.19. The standard InChI is InChI=1S/C20H31NO5/c1-6-9-10-13-20(4,26-8-3)19(23)21-15-11-12-17(24-5)16(14-15)18(22)25-7-2/h11-12,14H,6-10,13H2,1-5H3,(H,21,23). The number of anilines is 1. The van der Waals surface area contributed by atoms with Crippen molar-refractivity contribution >= 4 is 17.6 Å². The van der Waals surface area contributed by atoms with Gasteiger partial charge in [-0.1, -0.05) is 26.2 Å². The molecule has 0 radical (unpaired) electrons. The molecular formula is C20H31NO5. The van der Waals surface area contributed by atoms with Crippen LogP contribution in [0.1, 0.15) is 63.7 Å². The number of esters is 1. The van der Waals surface area contributed by atoms with E-state index < -0.39 is 11.6 Å². The van der Waals surface area contributed by atoms with Gasteiger partial charge in [-0.25, -0.2) is 4.79 Å². The van der Waals surface area contributed by atoms with Gasteiger partial charge in [0.2, 0.25) is 0 Å². The molecule has 26 heavy (non-hydrogen) atoms. The highest BCUT2D eigenvalue weighted by molar-refractivity contribution is 5.99. The fourth-order valence-corrected chi connectivity index (χ4v) is 2.70. The number of rotatable bonds is 11. The van der Waals surface area contributed by atoms with E-state index in [-0.39, 0.29) is 18.1 Å². The van der Waals surface area contributed by atoms with Crippen LogP contribution in [0, 0.1) is 0 Å². The van der Waals surface area contributed by atoms with Crippen LogP contribution in [0.25, 0.3) is 0 Å². The third kappa shape index (κ3) is 6.02. The molecule has 1 rings (SSSR count). The van der Waals surface area contributed by atoms with Gasteiger partial charge in [0.1, 0.15) is 16.9 Å². The summed E-state index contributed by atoms with van der Waals surface area (Å²) in [6.07, 6.45) is 3.68. The summed E-state index contributed by atoms with van der Waals surface area (Å²) in [5, 5.41) is 2.86. The highest BCUT2D eigenvalue weighted by Crippen LogP contribution is 2.26. The van der Waals surface area contributed by atoms with Gasteiger partial charge in [0, 0.05) is 12.3 Å². The molecule has 0 spiro atoms. The van der Waals surface area contributed by atoms with E-state index in [1.165, 1.54) is 7.11 Å². The minimum absolute atomic E-state index is 0.226. The summed E-state index contributed by atoms with van der Waals surface area (Å²) in [5.74, 6) is -0.316. The van der Waals surface area contributed by atoms with Gasteiger partial charge in [0.15, 0.2) is 0 Å². The third-order valence-corrected chi connectivity index (χ3v) is 4.15. The van der Waals surface area contributed by atoms with Crippen LogP contribution < -0.4 is 10.1 Å².